The molecule has 0 spiro atoms. The molecule has 0 saturated carbocycles. The van der Waals surface area contributed by atoms with E-state index in [9.17, 15) is 18.3 Å². The van der Waals surface area contributed by atoms with E-state index in [-0.39, 0.29) is 22.6 Å². The van der Waals surface area contributed by atoms with Crippen molar-refractivity contribution >= 4 is 21.4 Å². The van der Waals surface area contributed by atoms with Crippen molar-refractivity contribution in [2.24, 2.45) is 5.92 Å². The highest BCUT2D eigenvalue weighted by molar-refractivity contribution is 7.95. The molecule has 0 radical (unpaired) electrons. The lowest BCUT2D eigenvalue weighted by Crippen LogP contribution is -2.09. The average Bonchev–Trinajstić information content (AvgIpc) is 2.51. The van der Waals surface area contributed by atoms with Gasteiger partial charge in [-0.3, -0.25) is 4.79 Å². The molecule has 1 aliphatic rings. The Morgan fingerprint density at radius 3 is 2.67 bits per heavy atom. The molecule has 5 nitrogen and oxygen atoms in total. The number of aromatic hydroxyl groups is 1. The van der Waals surface area contributed by atoms with Crippen LogP contribution in [0.1, 0.15) is 18.9 Å². The monoisotopic (exact) mass is 268 g/mol. The van der Waals surface area contributed by atoms with Crippen LogP contribution in [-0.4, -0.2) is 24.6 Å². The normalized spacial score (nSPS) is 17.9. The van der Waals surface area contributed by atoms with Gasteiger partial charge >= 0.3 is 5.97 Å². The minimum Gasteiger partial charge on any atom is -0.507 e. The largest absolute Gasteiger partial charge is 0.507 e. The summed E-state index contributed by atoms with van der Waals surface area (Å²) in [7, 11) is -3.56. The van der Waals surface area contributed by atoms with Crippen molar-refractivity contribution < 1.29 is 23.4 Å². The van der Waals surface area contributed by atoms with Crippen molar-refractivity contribution in [3.8, 4) is 5.75 Å². The van der Waals surface area contributed by atoms with Crippen molar-refractivity contribution in [2.75, 3.05) is 0 Å². The fourth-order valence-corrected chi connectivity index (χ4v) is 3.46. The van der Waals surface area contributed by atoms with Crippen molar-refractivity contribution in [3.63, 3.8) is 0 Å². The molecule has 0 aromatic heterocycles. The second kappa shape index (κ2) is 4.13. The van der Waals surface area contributed by atoms with E-state index in [0.29, 0.717) is 5.57 Å². The number of aliphatic carboxylic acids is 1. The Morgan fingerprint density at radius 1 is 1.39 bits per heavy atom. The zero-order valence-electron chi connectivity index (χ0n) is 9.62. The number of allylic oxidation sites excluding steroid dienone is 1. The third-order valence-corrected chi connectivity index (χ3v) is 4.43. The molecule has 2 N–H and O–H groups in total. The first-order chi connectivity index (χ1) is 8.33. The van der Waals surface area contributed by atoms with Gasteiger partial charge in [0.15, 0.2) is 0 Å². The molecule has 2 rings (SSSR count). The number of rotatable bonds is 3. The fourth-order valence-electron chi connectivity index (χ4n) is 1.96. The first kappa shape index (κ1) is 12.6. The average molecular weight is 268 g/mol. The fraction of sp³-hybridized carbons (Fsp3) is 0.250. The molecule has 0 saturated heterocycles. The van der Waals surface area contributed by atoms with Crippen molar-refractivity contribution in [3.05, 3.63) is 29.2 Å². The zero-order valence-corrected chi connectivity index (χ0v) is 10.4. The Bertz CT molecular complexity index is 642. The van der Waals surface area contributed by atoms with Crippen LogP contribution in [0.4, 0.5) is 0 Å². The summed E-state index contributed by atoms with van der Waals surface area (Å²) in [5.41, 5.74) is 0.573. The van der Waals surface area contributed by atoms with E-state index in [1.807, 2.05) is 0 Å². The van der Waals surface area contributed by atoms with Crippen LogP contribution >= 0.6 is 0 Å². The lowest BCUT2D eigenvalue weighted by Gasteiger charge is -2.09. The molecule has 1 atom stereocenters. The maximum atomic E-state index is 11.8. The zero-order chi connectivity index (χ0) is 13.5. The molecule has 1 aliphatic heterocycles. The van der Waals surface area contributed by atoms with Gasteiger partial charge in [0, 0.05) is 11.0 Å². The van der Waals surface area contributed by atoms with Gasteiger partial charge in [-0.1, -0.05) is 13.0 Å². The van der Waals surface area contributed by atoms with Gasteiger partial charge in [-0.05, 0) is 24.1 Å². The lowest BCUT2D eigenvalue weighted by molar-refractivity contribution is -0.140. The summed E-state index contributed by atoms with van der Waals surface area (Å²) in [4.78, 5) is 10.8. The summed E-state index contributed by atoms with van der Waals surface area (Å²) in [5.74, 6) is -1.86. The SMILES string of the molecule is CC(CC1=CS(=O)(=O)c2cccc(O)c21)C(=O)O. The summed E-state index contributed by atoms with van der Waals surface area (Å²) < 4.78 is 23.7. The van der Waals surface area contributed by atoms with E-state index < -0.39 is 21.7 Å². The van der Waals surface area contributed by atoms with Crippen LogP contribution in [0.5, 0.6) is 5.75 Å². The van der Waals surface area contributed by atoms with Gasteiger partial charge in [-0.25, -0.2) is 8.42 Å². The minimum atomic E-state index is -3.56. The molecule has 1 aromatic rings. The standard InChI is InChI=1S/C12H12O5S/c1-7(12(14)15)5-8-6-18(16,17)10-4-2-3-9(13)11(8)10/h2-4,6-7,13H,5H2,1H3,(H,14,15). The topological polar surface area (TPSA) is 91.7 Å². The summed E-state index contributed by atoms with van der Waals surface area (Å²) in [6, 6.07) is 4.24. The minimum absolute atomic E-state index is 0.0371. The van der Waals surface area contributed by atoms with E-state index in [1.165, 1.54) is 25.1 Å². The number of carbonyl (C=O) groups is 1. The third-order valence-electron chi connectivity index (χ3n) is 2.88. The predicted octanol–water partition coefficient (Wildman–Crippen LogP) is 1.63. The quantitative estimate of drug-likeness (QED) is 0.869. The number of carboxylic acid groups (broad SMARTS) is 1. The maximum Gasteiger partial charge on any atom is 0.306 e. The predicted molar refractivity (Wildman–Crippen MR) is 64.7 cm³/mol. The van der Waals surface area contributed by atoms with Crippen LogP contribution in [-0.2, 0) is 14.6 Å². The van der Waals surface area contributed by atoms with Crippen LogP contribution < -0.4 is 0 Å². The smallest absolute Gasteiger partial charge is 0.306 e. The van der Waals surface area contributed by atoms with Gasteiger partial charge in [0.05, 0.1) is 10.8 Å². The Kier molecular flexibility index (Phi) is 2.90. The number of carboxylic acids is 1. The molecule has 1 unspecified atom stereocenters. The highest BCUT2D eigenvalue weighted by Crippen LogP contribution is 2.41. The molecule has 0 fully saturated rings. The summed E-state index contributed by atoms with van der Waals surface area (Å²) in [6.07, 6.45) is 0.0686. The summed E-state index contributed by atoms with van der Waals surface area (Å²) >= 11 is 0. The number of fused-ring (bicyclic) bond motifs is 1. The Hall–Kier alpha value is -1.82. The van der Waals surface area contributed by atoms with E-state index in [1.54, 1.807) is 0 Å². The second-order valence-electron chi connectivity index (χ2n) is 4.28. The number of phenols is 1. The molecule has 96 valence electrons. The van der Waals surface area contributed by atoms with Gasteiger partial charge < -0.3 is 10.2 Å². The van der Waals surface area contributed by atoms with Crippen LogP contribution in [0.2, 0.25) is 0 Å². The first-order valence-electron chi connectivity index (χ1n) is 5.34. The molecule has 18 heavy (non-hydrogen) atoms. The van der Waals surface area contributed by atoms with E-state index in [4.69, 9.17) is 5.11 Å². The molecular formula is C12H12O5S. The molecule has 0 amide bonds. The van der Waals surface area contributed by atoms with Crippen molar-refractivity contribution in [1.29, 1.82) is 0 Å². The Balaban J connectivity index is 2.51. The van der Waals surface area contributed by atoms with Crippen LogP contribution in [0.15, 0.2) is 28.5 Å². The number of hydrogen-bond donors (Lipinski definition) is 2. The van der Waals surface area contributed by atoms with Crippen LogP contribution in [0.3, 0.4) is 0 Å². The number of hydrogen-bond acceptors (Lipinski definition) is 4. The van der Waals surface area contributed by atoms with Crippen LogP contribution in [0, 0.1) is 5.92 Å². The second-order valence-corrected chi connectivity index (χ2v) is 6.05. The van der Waals surface area contributed by atoms with Crippen molar-refractivity contribution in [2.45, 2.75) is 18.2 Å². The molecule has 1 heterocycles. The molecule has 1 aromatic carbocycles. The van der Waals surface area contributed by atoms with E-state index in [0.717, 1.165) is 5.41 Å². The number of benzene rings is 1. The first-order valence-corrected chi connectivity index (χ1v) is 6.88. The van der Waals surface area contributed by atoms with Gasteiger partial charge in [0.1, 0.15) is 5.75 Å². The summed E-state index contributed by atoms with van der Waals surface area (Å²) in [6.45, 7) is 1.49. The maximum absolute atomic E-state index is 11.8. The summed E-state index contributed by atoms with van der Waals surface area (Å²) in [5, 5.41) is 19.6. The van der Waals surface area contributed by atoms with Crippen molar-refractivity contribution in [1.82, 2.24) is 0 Å². The molecule has 0 aliphatic carbocycles. The Morgan fingerprint density at radius 2 is 2.06 bits per heavy atom. The highest BCUT2D eigenvalue weighted by atomic mass is 32.2. The lowest BCUT2D eigenvalue weighted by atomic mass is 9.96. The number of sulfone groups is 1. The Labute approximate surface area is 104 Å². The van der Waals surface area contributed by atoms with Gasteiger partial charge in [0.2, 0.25) is 9.84 Å². The van der Waals surface area contributed by atoms with Gasteiger partial charge in [0.25, 0.3) is 0 Å². The number of phenolic OH excluding ortho intramolecular Hbond substituents is 1. The van der Waals surface area contributed by atoms with E-state index >= 15 is 0 Å². The van der Waals surface area contributed by atoms with E-state index in [2.05, 4.69) is 0 Å². The van der Waals surface area contributed by atoms with Gasteiger partial charge in [-0.2, -0.15) is 0 Å². The highest BCUT2D eigenvalue weighted by Gasteiger charge is 2.30. The third kappa shape index (κ3) is 1.99. The van der Waals surface area contributed by atoms with Crippen LogP contribution in [0.25, 0.3) is 5.57 Å². The molecule has 0 bridgehead atoms. The van der Waals surface area contributed by atoms with Gasteiger partial charge in [-0.15, -0.1) is 0 Å². The molecular weight excluding hydrogens is 256 g/mol. The molecule has 6 heteroatoms.